The maximum Gasteiger partial charge on any atom is 0.222 e. The van der Waals surface area contributed by atoms with Crippen LogP contribution < -0.4 is 0 Å². The fraction of sp³-hybridized carbons (Fsp3) is 0.286. The molecule has 3 nitrogen and oxygen atoms in total. The molecule has 0 atom stereocenters. The number of hydrogen-bond donors (Lipinski definition) is 1. The summed E-state index contributed by atoms with van der Waals surface area (Å²) < 4.78 is 4.75. The fourth-order valence-electron chi connectivity index (χ4n) is 0.406. The number of allylic oxidation sites excluding steroid dienone is 1. The Morgan fingerprint density at radius 1 is 1.80 bits per heavy atom. The van der Waals surface area contributed by atoms with Crippen molar-refractivity contribution in [3.8, 4) is 0 Å². The SMILES string of the molecule is C=C(OCC)C(=O)C=CO. The molecule has 0 unspecified atom stereocenters. The highest BCUT2D eigenvalue weighted by Gasteiger charge is 2.01. The summed E-state index contributed by atoms with van der Waals surface area (Å²) in [5.41, 5.74) is 0. The number of aliphatic hydroxyl groups excluding tert-OH is 1. The third-order valence-electron chi connectivity index (χ3n) is 0.819. The van der Waals surface area contributed by atoms with Crippen molar-refractivity contribution in [2.24, 2.45) is 0 Å². The van der Waals surface area contributed by atoms with Crippen LogP contribution >= 0.6 is 0 Å². The summed E-state index contributed by atoms with van der Waals surface area (Å²) in [5.74, 6) is -0.364. The molecule has 0 bridgehead atoms. The van der Waals surface area contributed by atoms with Crippen LogP contribution in [0, 0.1) is 0 Å². The highest BCUT2D eigenvalue weighted by atomic mass is 16.5. The van der Waals surface area contributed by atoms with Crippen molar-refractivity contribution in [2.45, 2.75) is 6.92 Å². The molecular weight excluding hydrogens is 132 g/mol. The van der Waals surface area contributed by atoms with E-state index in [1.165, 1.54) is 0 Å². The van der Waals surface area contributed by atoms with Crippen LogP contribution in [0.4, 0.5) is 0 Å². The molecule has 0 rings (SSSR count). The summed E-state index contributed by atoms with van der Waals surface area (Å²) >= 11 is 0. The molecule has 3 heteroatoms. The standard InChI is InChI=1S/C7H10O3/c1-3-10-6(2)7(9)4-5-8/h4-5,8H,2-3H2,1H3. The van der Waals surface area contributed by atoms with Gasteiger partial charge in [0.05, 0.1) is 12.9 Å². The van der Waals surface area contributed by atoms with Crippen molar-refractivity contribution in [1.29, 1.82) is 0 Å². The van der Waals surface area contributed by atoms with Gasteiger partial charge in [0.1, 0.15) is 0 Å². The van der Waals surface area contributed by atoms with E-state index in [4.69, 9.17) is 9.84 Å². The van der Waals surface area contributed by atoms with E-state index in [1.54, 1.807) is 6.92 Å². The lowest BCUT2D eigenvalue weighted by Gasteiger charge is -2.00. The topological polar surface area (TPSA) is 46.5 Å². The Balaban J connectivity index is 3.83. The molecule has 1 N–H and O–H groups in total. The average molecular weight is 142 g/mol. The van der Waals surface area contributed by atoms with Crippen LogP contribution in [0.1, 0.15) is 6.92 Å². The molecule has 56 valence electrons. The second kappa shape index (κ2) is 4.61. The molecule has 0 fully saturated rings. The van der Waals surface area contributed by atoms with Crippen LogP contribution in [0.2, 0.25) is 0 Å². The smallest absolute Gasteiger partial charge is 0.222 e. The lowest BCUT2D eigenvalue weighted by molar-refractivity contribution is -0.114. The van der Waals surface area contributed by atoms with Crippen molar-refractivity contribution >= 4 is 5.78 Å². The molecule has 0 saturated heterocycles. The van der Waals surface area contributed by atoms with Crippen LogP contribution in [0.25, 0.3) is 0 Å². The van der Waals surface area contributed by atoms with E-state index in [0.717, 1.165) is 6.08 Å². The van der Waals surface area contributed by atoms with Gasteiger partial charge in [-0.15, -0.1) is 0 Å². The molecule has 0 saturated carbocycles. The van der Waals surface area contributed by atoms with E-state index in [1.807, 2.05) is 0 Å². The first-order chi connectivity index (χ1) is 4.72. The molecule has 0 aliphatic rings. The molecule has 0 heterocycles. The highest BCUT2D eigenvalue weighted by Crippen LogP contribution is 1.95. The average Bonchev–Trinajstić information content (AvgIpc) is 1.89. The van der Waals surface area contributed by atoms with Gasteiger partial charge in [-0.2, -0.15) is 0 Å². The first kappa shape index (κ1) is 8.75. The van der Waals surface area contributed by atoms with Gasteiger partial charge >= 0.3 is 0 Å². The largest absolute Gasteiger partial charge is 0.515 e. The van der Waals surface area contributed by atoms with Crippen molar-refractivity contribution in [3.05, 3.63) is 24.7 Å². The van der Waals surface area contributed by atoms with Crippen LogP contribution in [0.3, 0.4) is 0 Å². The first-order valence-electron chi connectivity index (χ1n) is 2.89. The van der Waals surface area contributed by atoms with E-state index >= 15 is 0 Å². The van der Waals surface area contributed by atoms with Gasteiger partial charge in [0.2, 0.25) is 5.78 Å². The summed E-state index contributed by atoms with van der Waals surface area (Å²) in [6.45, 7) is 5.49. The Morgan fingerprint density at radius 2 is 2.40 bits per heavy atom. The molecule has 0 aromatic rings. The van der Waals surface area contributed by atoms with E-state index in [-0.39, 0.29) is 5.76 Å². The Kier molecular flexibility index (Phi) is 4.04. The van der Waals surface area contributed by atoms with Gasteiger partial charge in [-0.05, 0) is 6.92 Å². The number of aliphatic hydroxyl groups is 1. The summed E-state index contributed by atoms with van der Waals surface area (Å²) in [5, 5.41) is 8.16. The predicted octanol–water partition coefficient (Wildman–Crippen LogP) is 1.18. The van der Waals surface area contributed by atoms with Gasteiger partial charge in [0.25, 0.3) is 0 Å². The van der Waals surface area contributed by atoms with Crippen molar-refractivity contribution in [3.63, 3.8) is 0 Å². The number of ether oxygens (including phenoxy) is 1. The lowest BCUT2D eigenvalue weighted by atomic mass is 10.3. The predicted molar refractivity (Wildman–Crippen MR) is 37.5 cm³/mol. The zero-order valence-corrected chi connectivity index (χ0v) is 5.83. The first-order valence-corrected chi connectivity index (χ1v) is 2.89. The lowest BCUT2D eigenvalue weighted by Crippen LogP contribution is -2.01. The van der Waals surface area contributed by atoms with E-state index < -0.39 is 5.78 Å². The molecular formula is C7H10O3. The van der Waals surface area contributed by atoms with Crippen molar-refractivity contribution < 1.29 is 14.6 Å². The Labute approximate surface area is 59.6 Å². The van der Waals surface area contributed by atoms with Crippen LogP contribution in [-0.2, 0) is 9.53 Å². The van der Waals surface area contributed by atoms with Gasteiger partial charge in [-0.25, -0.2) is 0 Å². The Bertz CT molecular complexity index is 158. The molecule has 0 aromatic heterocycles. The molecule has 0 aliphatic heterocycles. The number of hydrogen-bond acceptors (Lipinski definition) is 3. The van der Waals surface area contributed by atoms with Gasteiger partial charge in [0.15, 0.2) is 5.76 Å². The van der Waals surface area contributed by atoms with Crippen LogP contribution in [0.15, 0.2) is 24.7 Å². The molecule has 0 amide bonds. The zero-order valence-electron chi connectivity index (χ0n) is 5.83. The van der Waals surface area contributed by atoms with Gasteiger partial charge in [-0.1, -0.05) is 6.58 Å². The second-order valence-electron chi connectivity index (χ2n) is 1.54. The third kappa shape index (κ3) is 2.91. The molecule has 0 aliphatic carbocycles. The number of ketones is 1. The molecule has 0 spiro atoms. The summed E-state index contributed by atoms with van der Waals surface area (Å²) in [4.78, 5) is 10.7. The minimum absolute atomic E-state index is 0.0489. The molecule has 10 heavy (non-hydrogen) atoms. The van der Waals surface area contributed by atoms with Gasteiger partial charge in [0, 0.05) is 6.08 Å². The number of carbonyl (C=O) groups excluding carboxylic acids is 1. The van der Waals surface area contributed by atoms with Crippen molar-refractivity contribution in [1.82, 2.24) is 0 Å². The van der Waals surface area contributed by atoms with Crippen molar-refractivity contribution in [2.75, 3.05) is 6.61 Å². The summed E-state index contributed by atoms with van der Waals surface area (Å²) in [6, 6.07) is 0. The monoisotopic (exact) mass is 142 g/mol. The minimum Gasteiger partial charge on any atom is -0.515 e. The number of carbonyl (C=O) groups is 1. The third-order valence-corrected chi connectivity index (χ3v) is 0.819. The molecule has 0 aromatic carbocycles. The van der Waals surface area contributed by atoms with Gasteiger partial charge < -0.3 is 9.84 Å². The maximum atomic E-state index is 10.7. The maximum absolute atomic E-state index is 10.7. The fourth-order valence-corrected chi connectivity index (χ4v) is 0.406. The van der Waals surface area contributed by atoms with E-state index in [9.17, 15) is 4.79 Å². The Morgan fingerprint density at radius 3 is 2.80 bits per heavy atom. The quantitative estimate of drug-likeness (QED) is 0.473. The zero-order chi connectivity index (χ0) is 7.98. The van der Waals surface area contributed by atoms with Gasteiger partial charge in [-0.3, -0.25) is 4.79 Å². The highest BCUT2D eigenvalue weighted by molar-refractivity contribution is 6.01. The summed E-state index contributed by atoms with van der Waals surface area (Å²) in [6.07, 6.45) is 1.64. The van der Waals surface area contributed by atoms with Crippen LogP contribution in [-0.4, -0.2) is 17.5 Å². The number of rotatable bonds is 4. The second-order valence-corrected chi connectivity index (χ2v) is 1.54. The van der Waals surface area contributed by atoms with E-state index in [0.29, 0.717) is 12.9 Å². The normalized spacial score (nSPS) is 9.70. The minimum atomic E-state index is -0.413. The van der Waals surface area contributed by atoms with Crippen LogP contribution in [0.5, 0.6) is 0 Å². The van der Waals surface area contributed by atoms with E-state index in [2.05, 4.69) is 6.58 Å². The molecule has 0 radical (unpaired) electrons. The Hall–Kier alpha value is -1.25. The summed E-state index contributed by atoms with van der Waals surface area (Å²) in [7, 11) is 0.